The summed E-state index contributed by atoms with van der Waals surface area (Å²) in [5.41, 5.74) is 2.07. The van der Waals surface area contributed by atoms with E-state index in [0.717, 1.165) is 5.57 Å². The Labute approximate surface area is 102 Å². The lowest BCUT2D eigenvalue weighted by Gasteiger charge is -2.12. The molecule has 2 N–H and O–H groups in total. The van der Waals surface area contributed by atoms with Crippen LogP contribution in [0.2, 0.25) is 0 Å². The van der Waals surface area contributed by atoms with E-state index in [9.17, 15) is 8.42 Å². The summed E-state index contributed by atoms with van der Waals surface area (Å²) in [6, 6.07) is 3.32. The Morgan fingerprint density at radius 1 is 1.35 bits per heavy atom. The topological polar surface area (TPSA) is 69.4 Å². The Bertz CT molecular complexity index is 524. The number of aryl methyl sites for hydroxylation is 2. The van der Waals surface area contributed by atoms with Crippen molar-refractivity contribution in [3.8, 4) is 5.75 Å². The van der Waals surface area contributed by atoms with Gasteiger partial charge in [0.25, 0.3) is 0 Å². The van der Waals surface area contributed by atoms with Gasteiger partial charge in [0.2, 0.25) is 10.0 Å². The molecule has 1 aromatic carbocycles. The number of benzene rings is 1. The molecule has 0 amide bonds. The van der Waals surface area contributed by atoms with Crippen molar-refractivity contribution in [3.63, 3.8) is 0 Å². The first kappa shape index (κ1) is 13.7. The molecular formula is C12H17NO3S. The predicted molar refractivity (Wildman–Crippen MR) is 67.6 cm³/mol. The van der Waals surface area contributed by atoms with E-state index in [1.807, 2.05) is 6.92 Å². The number of hydrogen-bond acceptors (Lipinski definition) is 3. The summed E-state index contributed by atoms with van der Waals surface area (Å²) < 4.78 is 28.2. The lowest BCUT2D eigenvalue weighted by Crippen LogP contribution is -2.15. The van der Waals surface area contributed by atoms with Crippen LogP contribution < -0.4 is 9.88 Å². The second-order valence-electron chi connectivity index (χ2n) is 4.18. The van der Waals surface area contributed by atoms with Crippen LogP contribution in [-0.2, 0) is 10.0 Å². The first-order valence-electron chi connectivity index (χ1n) is 5.13. The van der Waals surface area contributed by atoms with Crippen LogP contribution in [0.15, 0.2) is 29.2 Å². The first-order valence-corrected chi connectivity index (χ1v) is 6.67. The van der Waals surface area contributed by atoms with Crippen LogP contribution in [0.3, 0.4) is 0 Å². The molecule has 0 aromatic heterocycles. The molecule has 1 aromatic rings. The second-order valence-corrected chi connectivity index (χ2v) is 5.68. The van der Waals surface area contributed by atoms with Crippen molar-refractivity contribution in [1.29, 1.82) is 0 Å². The largest absolute Gasteiger partial charge is 0.489 e. The number of rotatable bonds is 4. The summed E-state index contributed by atoms with van der Waals surface area (Å²) in [6.45, 7) is 9.39. The third-order valence-corrected chi connectivity index (χ3v) is 3.42. The molecule has 0 aliphatic rings. The van der Waals surface area contributed by atoms with Crippen molar-refractivity contribution >= 4 is 10.0 Å². The Morgan fingerprint density at radius 2 is 1.82 bits per heavy atom. The molecule has 0 aliphatic carbocycles. The van der Waals surface area contributed by atoms with E-state index in [4.69, 9.17) is 9.88 Å². The monoisotopic (exact) mass is 255 g/mol. The van der Waals surface area contributed by atoms with Crippen LogP contribution in [0, 0.1) is 13.8 Å². The fourth-order valence-electron chi connectivity index (χ4n) is 1.65. The molecule has 94 valence electrons. The minimum Gasteiger partial charge on any atom is -0.489 e. The summed E-state index contributed by atoms with van der Waals surface area (Å²) in [6.07, 6.45) is 0. The summed E-state index contributed by atoms with van der Waals surface area (Å²) >= 11 is 0. The number of nitrogens with two attached hydrogens (primary N) is 1. The predicted octanol–water partition coefficient (Wildman–Crippen LogP) is 1.91. The average molecular weight is 255 g/mol. The van der Waals surface area contributed by atoms with Gasteiger partial charge in [0, 0.05) is 0 Å². The highest BCUT2D eigenvalue weighted by Gasteiger charge is 2.16. The minimum absolute atomic E-state index is 0.167. The van der Waals surface area contributed by atoms with E-state index in [-0.39, 0.29) is 4.90 Å². The Kier molecular flexibility index (Phi) is 3.95. The molecule has 0 heterocycles. The van der Waals surface area contributed by atoms with Gasteiger partial charge in [-0.25, -0.2) is 13.6 Å². The Hall–Kier alpha value is -1.33. The molecule has 0 fully saturated rings. The zero-order valence-corrected chi connectivity index (χ0v) is 11.1. The maximum absolute atomic E-state index is 11.4. The van der Waals surface area contributed by atoms with E-state index < -0.39 is 10.0 Å². The molecule has 0 saturated carbocycles. The lowest BCUT2D eigenvalue weighted by atomic mass is 10.1. The third-order valence-electron chi connectivity index (χ3n) is 2.20. The normalized spacial score (nSPS) is 11.3. The van der Waals surface area contributed by atoms with Crippen LogP contribution in [-0.4, -0.2) is 15.0 Å². The van der Waals surface area contributed by atoms with Gasteiger partial charge in [-0.3, -0.25) is 0 Å². The summed E-state index contributed by atoms with van der Waals surface area (Å²) in [5.74, 6) is 0.621. The van der Waals surface area contributed by atoms with Gasteiger partial charge in [0.1, 0.15) is 12.4 Å². The molecule has 1 rings (SSSR count). The second kappa shape index (κ2) is 4.89. The number of ether oxygens (including phenoxy) is 1. The van der Waals surface area contributed by atoms with Crippen LogP contribution in [0.4, 0.5) is 0 Å². The molecule has 0 radical (unpaired) electrons. The fourth-order valence-corrected chi connectivity index (χ4v) is 2.66. The lowest BCUT2D eigenvalue weighted by molar-refractivity contribution is 0.352. The Balaban J connectivity index is 3.15. The first-order chi connectivity index (χ1) is 7.71. The van der Waals surface area contributed by atoms with Gasteiger partial charge in [0.05, 0.1) is 4.90 Å². The summed E-state index contributed by atoms with van der Waals surface area (Å²) in [7, 11) is -3.69. The zero-order valence-electron chi connectivity index (χ0n) is 10.3. The van der Waals surface area contributed by atoms with Gasteiger partial charge in [-0.1, -0.05) is 6.58 Å². The van der Waals surface area contributed by atoms with Gasteiger partial charge in [-0.05, 0) is 49.6 Å². The minimum atomic E-state index is -3.69. The van der Waals surface area contributed by atoms with E-state index >= 15 is 0 Å². The SMILES string of the molecule is C=C(C)COc1cc(C)c(S(N)(=O)=O)c(C)c1. The van der Waals surface area contributed by atoms with Crippen LogP contribution >= 0.6 is 0 Å². The molecule has 17 heavy (non-hydrogen) atoms. The fraction of sp³-hybridized carbons (Fsp3) is 0.333. The summed E-state index contributed by atoms with van der Waals surface area (Å²) in [4.78, 5) is 0.167. The maximum Gasteiger partial charge on any atom is 0.238 e. The van der Waals surface area contributed by atoms with Gasteiger partial charge in [-0.2, -0.15) is 0 Å². The van der Waals surface area contributed by atoms with Crippen LogP contribution in [0.1, 0.15) is 18.1 Å². The van der Waals surface area contributed by atoms with Crippen molar-refractivity contribution in [2.75, 3.05) is 6.61 Å². The number of hydrogen-bond donors (Lipinski definition) is 1. The van der Waals surface area contributed by atoms with Crippen LogP contribution in [0.25, 0.3) is 0 Å². The molecule has 0 unspecified atom stereocenters. The quantitative estimate of drug-likeness (QED) is 0.835. The third kappa shape index (κ3) is 3.57. The number of sulfonamides is 1. The van der Waals surface area contributed by atoms with E-state index in [1.165, 1.54) is 0 Å². The van der Waals surface area contributed by atoms with E-state index in [0.29, 0.717) is 23.5 Å². The zero-order chi connectivity index (χ0) is 13.2. The van der Waals surface area contributed by atoms with Gasteiger partial charge in [0.15, 0.2) is 0 Å². The molecule has 0 bridgehead atoms. The Morgan fingerprint density at radius 3 is 2.18 bits per heavy atom. The van der Waals surface area contributed by atoms with Crippen molar-refractivity contribution < 1.29 is 13.2 Å². The van der Waals surface area contributed by atoms with E-state index in [2.05, 4.69) is 6.58 Å². The molecule has 4 nitrogen and oxygen atoms in total. The molecule has 0 saturated heterocycles. The highest BCUT2D eigenvalue weighted by molar-refractivity contribution is 7.89. The molecule has 5 heteroatoms. The molecule has 0 spiro atoms. The molecular weight excluding hydrogens is 238 g/mol. The standard InChI is InChI=1S/C12H17NO3S/c1-8(2)7-16-11-5-9(3)12(10(4)6-11)17(13,14)15/h5-6H,1,7H2,2-4H3,(H2,13,14,15). The smallest absolute Gasteiger partial charge is 0.238 e. The van der Waals surface area contributed by atoms with Crippen molar-refractivity contribution in [1.82, 2.24) is 0 Å². The highest BCUT2D eigenvalue weighted by Crippen LogP contribution is 2.25. The maximum atomic E-state index is 11.4. The molecule has 0 aliphatic heterocycles. The van der Waals surface area contributed by atoms with Gasteiger partial charge < -0.3 is 4.74 Å². The van der Waals surface area contributed by atoms with Gasteiger partial charge >= 0.3 is 0 Å². The van der Waals surface area contributed by atoms with Crippen LogP contribution in [0.5, 0.6) is 5.75 Å². The number of primary sulfonamides is 1. The molecule has 0 atom stereocenters. The average Bonchev–Trinajstić information content (AvgIpc) is 2.11. The van der Waals surface area contributed by atoms with Crippen molar-refractivity contribution in [3.05, 3.63) is 35.4 Å². The highest BCUT2D eigenvalue weighted by atomic mass is 32.2. The van der Waals surface area contributed by atoms with Gasteiger partial charge in [-0.15, -0.1) is 0 Å². The van der Waals surface area contributed by atoms with Crippen molar-refractivity contribution in [2.24, 2.45) is 5.14 Å². The van der Waals surface area contributed by atoms with Crippen molar-refractivity contribution in [2.45, 2.75) is 25.7 Å². The van der Waals surface area contributed by atoms with E-state index in [1.54, 1.807) is 26.0 Å². The summed E-state index contributed by atoms with van der Waals surface area (Å²) in [5, 5.41) is 5.15.